The van der Waals surface area contributed by atoms with Gasteiger partial charge in [-0.2, -0.15) is 5.26 Å². The molecule has 0 spiro atoms. The molecular formula is C25H17N5O2. The third-order valence-electron chi connectivity index (χ3n) is 5.39. The van der Waals surface area contributed by atoms with Crippen LogP contribution in [-0.2, 0) is 6.42 Å². The third-order valence-corrected chi connectivity index (χ3v) is 5.39. The number of benzene rings is 2. The molecule has 1 aliphatic rings. The molecule has 3 heterocycles. The first kappa shape index (κ1) is 19.5. The van der Waals surface area contributed by atoms with E-state index in [9.17, 15) is 14.9 Å². The minimum Gasteiger partial charge on any atom is -0.342 e. The Hall–Kier alpha value is -4.44. The predicted octanol–water partition coefficient (Wildman–Crippen LogP) is 4.34. The van der Waals surface area contributed by atoms with Gasteiger partial charge in [-0.1, -0.05) is 30.3 Å². The molecule has 5 rings (SSSR count). The van der Waals surface area contributed by atoms with Crippen molar-refractivity contribution in [2.75, 3.05) is 0 Å². The fraction of sp³-hybridized carbons (Fsp3) is 0.120. The van der Waals surface area contributed by atoms with Gasteiger partial charge in [-0.25, -0.2) is 4.98 Å². The number of allylic oxidation sites excluding steroid dienone is 1. The van der Waals surface area contributed by atoms with Crippen LogP contribution in [0.5, 0.6) is 0 Å². The van der Waals surface area contributed by atoms with Crippen LogP contribution in [0.2, 0.25) is 0 Å². The average molecular weight is 419 g/mol. The number of rotatable bonds is 6. The molecule has 0 unspecified atom stereocenters. The molecule has 0 aliphatic carbocycles. The van der Waals surface area contributed by atoms with Crippen LogP contribution in [-0.4, -0.2) is 32.2 Å². The van der Waals surface area contributed by atoms with Crippen LogP contribution in [0.15, 0.2) is 65.9 Å². The molecule has 0 fully saturated rings. The number of carbonyl (C=O) groups is 2. The maximum Gasteiger partial charge on any atom is 0.188 e. The molecule has 7 heteroatoms. The monoisotopic (exact) mass is 419 g/mol. The Morgan fingerprint density at radius 2 is 1.91 bits per heavy atom. The number of aliphatic imine (C=N–C) groups is 1. The molecule has 2 aromatic heterocycles. The van der Waals surface area contributed by atoms with Gasteiger partial charge in [-0.15, -0.1) is 0 Å². The number of hydrogen-bond acceptors (Lipinski definition) is 6. The summed E-state index contributed by atoms with van der Waals surface area (Å²) >= 11 is 0. The van der Waals surface area contributed by atoms with Gasteiger partial charge in [0, 0.05) is 41.9 Å². The number of ketones is 2. The highest BCUT2D eigenvalue weighted by molar-refractivity contribution is 6.15. The fourth-order valence-corrected chi connectivity index (χ4v) is 3.81. The highest BCUT2D eigenvalue weighted by atomic mass is 16.1. The Balaban J connectivity index is 1.46. The van der Waals surface area contributed by atoms with Gasteiger partial charge in [0.1, 0.15) is 11.5 Å². The molecule has 4 aromatic rings. The van der Waals surface area contributed by atoms with Gasteiger partial charge in [0.2, 0.25) is 0 Å². The maximum atomic E-state index is 12.9. The van der Waals surface area contributed by atoms with Crippen molar-refractivity contribution in [2.45, 2.75) is 19.3 Å². The number of imidazole rings is 1. The second-order valence-electron chi connectivity index (χ2n) is 7.62. The van der Waals surface area contributed by atoms with Crippen LogP contribution in [0.1, 0.15) is 45.1 Å². The van der Waals surface area contributed by atoms with E-state index in [0.29, 0.717) is 40.1 Å². The molecule has 0 radical (unpaired) electrons. The molecule has 0 saturated carbocycles. The molecule has 0 saturated heterocycles. The van der Waals surface area contributed by atoms with E-state index < -0.39 is 0 Å². The number of H-pyrrole nitrogens is 1. The molecule has 0 atom stereocenters. The van der Waals surface area contributed by atoms with Crippen LogP contribution in [0.3, 0.4) is 0 Å². The zero-order valence-electron chi connectivity index (χ0n) is 17.0. The second-order valence-corrected chi connectivity index (χ2v) is 7.62. The van der Waals surface area contributed by atoms with Gasteiger partial charge in [0.05, 0.1) is 29.1 Å². The summed E-state index contributed by atoms with van der Waals surface area (Å²) in [6.07, 6.45) is 6.07. The van der Waals surface area contributed by atoms with E-state index in [1.165, 1.54) is 0 Å². The molecule has 154 valence electrons. The Morgan fingerprint density at radius 3 is 2.69 bits per heavy atom. The van der Waals surface area contributed by atoms with E-state index in [0.717, 1.165) is 16.5 Å². The van der Waals surface area contributed by atoms with Gasteiger partial charge >= 0.3 is 0 Å². The SMILES string of the molecule is N#Cc1cc(C(=O)CC2=NC=CC2)c2nc(CC(=O)c3cc4ccccc4cn3)[nH]c2c1. The molecule has 1 N–H and O–H groups in total. The maximum absolute atomic E-state index is 12.9. The van der Waals surface area contributed by atoms with Gasteiger partial charge < -0.3 is 4.98 Å². The van der Waals surface area contributed by atoms with Crippen molar-refractivity contribution in [2.24, 2.45) is 4.99 Å². The van der Waals surface area contributed by atoms with E-state index in [4.69, 9.17) is 0 Å². The zero-order chi connectivity index (χ0) is 22.1. The largest absolute Gasteiger partial charge is 0.342 e. The number of hydrogen-bond donors (Lipinski definition) is 1. The van der Waals surface area contributed by atoms with E-state index >= 15 is 0 Å². The number of carbonyl (C=O) groups excluding carboxylic acids is 2. The van der Waals surface area contributed by atoms with E-state index in [1.807, 2.05) is 30.3 Å². The lowest BCUT2D eigenvalue weighted by atomic mass is 10.0. The Bertz CT molecular complexity index is 1500. The number of nitrogens with zero attached hydrogens (tertiary/aromatic N) is 4. The van der Waals surface area contributed by atoms with E-state index in [1.54, 1.807) is 30.6 Å². The average Bonchev–Trinajstić information content (AvgIpc) is 3.47. The summed E-state index contributed by atoms with van der Waals surface area (Å²) in [5.74, 6) is 0.0775. The number of aromatic amines is 1. The fourth-order valence-electron chi connectivity index (χ4n) is 3.81. The lowest BCUT2D eigenvalue weighted by Gasteiger charge is -2.03. The number of nitrogens with one attached hydrogen (secondary N) is 1. The summed E-state index contributed by atoms with van der Waals surface area (Å²) < 4.78 is 0. The van der Waals surface area contributed by atoms with Crippen molar-refractivity contribution in [1.29, 1.82) is 5.26 Å². The second kappa shape index (κ2) is 8.00. The summed E-state index contributed by atoms with van der Waals surface area (Å²) in [6, 6.07) is 14.7. The topological polar surface area (TPSA) is 112 Å². The molecule has 2 aromatic carbocycles. The first-order valence-electron chi connectivity index (χ1n) is 10.2. The minimum atomic E-state index is -0.186. The Labute approximate surface area is 183 Å². The molecule has 32 heavy (non-hydrogen) atoms. The van der Waals surface area contributed by atoms with Gasteiger partial charge in [-0.05, 0) is 23.6 Å². The molecule has 1 aliphatic heterocycles. The first-order valence-corrected chi connectivity index (χ1v) is 10.2. The van der Waals surface area contributed by atoms with Crippen molar-refractivity contribution in [1.82, 2.24) is 15.0 Å². The zero-order valence-corrected chi connectivity index (χ0v) is 17.0. The minimum absolute atomic E-state index is 0.00612. The molecule has 7 nitrogen and oxygen atoms in total. The number of Topliss-reactive ketones (excluding diaryl/α,β-unsaturated/α-hetero) is 2. The van der Waals surface area contributed by atoms with Crippen LogP contribution in [0.4, 0.5) is 0 Å². The lowest BCUT2D eigenvalue weighted by molar-refractivity contribution is 0.0983. The standard InChI is InChI=1S/C25H17N5O2/c26-13-15-8-19(22(31)11-18-6-3-7-27-18)25-21(9-15)29-24(30-25)12-23(32)20-10-16-4-1-2-5-17(16)14-28-20/h1-5,7-10,14H,6,11-12H2,(H,29,30). The van der Waals surface area contributed by atoms with Crippen LogP contribution >= 0.6 is 0 Å². The van der Waals surface area contributed by atoms with Crippen LogP contribution in [0, 0.1) is 11.3 Å². The molecular weight excluding hydrogens is 402 g/mol. The summed E-state index contributed by atoms with van der Waals surface area (Å²) in [7, 11) is 0. The molecule has 0 bridgehead atoms. The summed E-state index contributed by atoms with van der Waals surface area (Å²) in [4.78, 5) is 41.8. The summed E-state index contributed by atoms with van der Waals surface area (Å²) in [6.45, 7) is 0. The van der Waals surface area contributed by atoms with Crippen molar-refractivity contribution in [3.63, 3.8) is 0 Å². The number of aromatic nitrogens is 3. The van der Waals surface area contributed by atoms with Gasteiger partial charge in [0.25, 0.3) is 0 Å². The normalized spacial score (nSPS) is 12.8. The van der Waals surface area contributed by atoms with Crippen molar-refractivity contribution >= 4 is 39.1 Å². The lowest BCUT2D eigenvalue weighted by Crippen LogP contribution is -2.08. The van der Waals surface area contributed by atoms with Crippen molar-refractivity contribution in [3.8, 4) is 6.07 Å². The van der Waals surface area contributed by atoms with Crippen molar-refractivity contribution < 1.29 is 9.59 Å². The smallest absolute Gasteiger partial charge is 0.188 e. The Kier molecular flexibility index (Phi) is 4.88. The molecule has 0 amide bonds. The number of nitriles is 1. The Morgan fingerprint density at radius 1 is 1.06 bits per heavy atom. The highest BCUT2D eigenvalue weighted by Gasteiger charge is 2.19. The number of pyridine rings is 1. The first-order chi connectivity index (χ1) is 15.6. The van der Waals surface area contributed by atoms with E-state index in [2.05, 4.69) is 26.0 Å². The summed E-state index contributed by atoms with van der Waals surface area (Å²) in [5, 5.41) is 11.3. The van der Waals surface area contributed by atoms with Crippen LogP contribution < -0.4 is 0 Å². The highest BCUT2D eigenvalue weighted by Crippen LogP contribution is 2.23. The third kappa shape index (κ3) is 3.70. The van der Waals surface area contributed by atoms with E-state index in [-0.39, 0.29) is 24.4 Å². The number of fused-ring (bicyclic) bond motifs is 2. The van der Waals surface area contributed by atoms with Gasteiger partial charge in [-0.3, -0.25) is 19.6 Å². The summed E-state index contributed by atoms with van der Waals surface area (Å²) in [5.41, 5.74) is 2.84. The van der Waals surface area contributed by atoms with Crippen LogP contribution in [0.25, 0.3) is 21.8 Å². The van der Waals surface area contributed by atoms with Gasteiger partial charge in [0.15, 0.2) is 11.6 Å². The quantitative estimate of drug-likeness (QED) is 0.467. The predicted molar refractivity (Wildman–Crippen MR) is 121 cm³/mol. The van der Waals surface area contributed by atoms with Crippen molar-refractivity contribution in [3.05, 3.63) is 83.6 Å².